The molecular formula is C13H17N3O2. The van der Waals surface area contributed by atoms with Crippen molar-refractivity contribution >= 4 is 23.3 Å². The smallest absolute Gasteiger partial charge is 0.319 e. The van der Waals surface area contributed by atoms with E-state index < -0.39 is 0 Å². The maximum atomic E-state index is 11.6. The van der Waals surface area contributed by atoms with E-state index in [1.54, 1.807) is 17.0 Å². The van der Waals surface area contributed by atoms with Crippen LogP contribution in [0.15, 0.2) is 24.3 Å². The molecule has 0 radical (unpaired) electrons. The van der Waals surface area contributed by atoms with Crippen molar-refractivity contribution < 1.29 is 9.59 Å². The highest BCUT2D eigenvalue weighted by Crippen LogP contribution is 2.22. The second-order valence-corrected chi connectivity index (χ2v) is 4.18. The molecule has 1 heterocycles. The van der Waals surface area contributed by atoms with Gasteiger partial charge in [-0.2, -0.15) is 0 Å². The van der Waals surface area contributed by atoms with Crippen molar-refractivity contribution in [3.05, 3.63) is 24.3 Å². The molecule has 2 N–H and O–H groups in total. The molecule has 5 nitrogen and oxygen atoms in total. The summed E-state index contributed by atoms with van der Waals surface area (Å²) in [6, 6.07) is 7.09. The first-order valence-electron chi connectivity index (χ1n) is 6.16. The Morgan fingerprint density at radius 2 is 2.06 bits per heavy atom. The predicted octanol–water partition coefficient (Wildman–Crippen LogP) is 1.95. The zero-order valence-corrected chi connectivity index (χ0v) is 10.4. The summed E-state index contributed by atoms with van der Waals surface area (Å²) in [6.07, 6.45) is 1.54. The van der Waals surface area contributed by atoms with Crippen LogP contribution < -0.4 is 15.5 Å². The summed E-state index contributed by atoms with van der Waals surface area (Å²) in [5.74, 6) is 0.166. The molecule has 96 valence electrons. The van der Waals surface area contributed by atoms with Gasteiger partial charge in [-0.15, -0.1) is 0 Å². The van der Waals surface area contributed by atoms with Gasteiger partial charge in [-0.25, -0.2) is 4.79 Å². The van der Waals surface area contributed by atoms with Crippen LogP contribution in [0.3, 0.4) is 0 Å². The minimum atomic E-state index is -0.220. The maximum Gasteiger partial charge on any atom is 0.319 e. The van der Waals surface area contributed by atoms with Crippen LogP contribution in [0, 0.1) is 0 Å². The molecule has 18 heavy (non-hydrogen) atoms. The van der Waals surface area contributed by atoms with Crippen LogP contribution in [0.5, 0.6) is 0 Å². The molecule has 0 bridgehead atoms. The number of urea groups is 1. The second kappa shape index (κ2) is 5.53. The van der Waals surface area contributed by atoms with Gasteiger partial charge in [-0.05, 0) is 37.6 Å². The Morgan fingerprint density at radius 1 is 1.33 bits per heavy atom. The van der Waals surface area contributed by atoms with Crippen molar-refractivity contribution in [1.29, 1.82) is 0 Å². The lowest BCUT2D eigenvalue weighted by Gasteiger charge is -2.16. The number of nitrogens with one attached hydrogen (secondary N) is 2. The van der Waals surface area contributed by atoms with E-state index in [1.165, 1.54) is 0 Å². The molecule has 0 aliphatic carbocycles. The van der Waals surface area contributed by atoms with E-state index in [9.17, 15) is 9.59 Å². The molecule has 0 spiro atoms. The van der Waals surface area contributed by atoms with Crippen molar-refractivity contribution in [3.8, 4) is 0 Å². The third-order valence-electron chi connectivity index (χ3n) is 2.85. The molecule has 0 aromatic heterocycles. The number of carbonyl (C=O) groups is 2. The highest BCUT2D eigenvalue weighted by Gasteiger charge is 2.21. The fourth-order valence-electron chi connectivity index (χ4n) is 1.98. The summed E-state index contributed by atoms with van der Waals surface area (Å²) in [5, 5.41) is 5.37. The van der Waals surface area contributed by atoms with E-state index in [0.717, 1.165) is 24.3 Å². The third kappa shape index (κ3) is 2.80. The first-order valence-corrected chi connectivity index (χ1v) is 6.16. The molecule has 1 aliphatic heterocycles. The van der Waals surface area contributed by atoms with Crippen LogP contribution in [0.25, 0.3) is 0 Å². The summed E-state index contributed by atoms with van der Waals surface area (Å²) in [5.41, 5.74) is 1.61. The molecule has 1 aromatic carbocycles. The van der Waals surface area contributed by atoms with Gasteiger partial charge in [0.2, 0.25) is 5.91 Å². The number of carbonyl (C=O) groups excluding carboxylic acids is 2. The fraction of sp³-hybridized carbons (Fsp3) is 0.385. The maximum absolute atomic E-state index is 11.6. The summed E-state index contributed by atoms with van der Waals surface area (Å²) in [7, 11) is 0. The standard InChI is InChI=1S/C13H17N3O2/c1-2-14-13(18)15-10-5-7-11(8-6-10)16-9-3-4-12(16)17/h5-8H,2-4,9H2,1H3,(H2,14,15,18). The second-order valence-electron chi connectivity index (χ2n) is 4.18. The van der Waals surface area contributed by atoms with Gasteiger partial charge in [0.05, 0.1) is 0 Å². The highest BCUT2D eigenvalue weighted by molar-refractivity contribution is 5.96. The Labute approximate surface area is 106 Å². The third-order valence-corrected chi connectivity index (χ3v) is 2.85. The summed E-state index contributed by atoms with van der Waals surface area (Å²) in [6.45, 7) is 3.23. The number of anilines is 2. The predicted molar refractivity (Wildman–Crippen MR) is 70.7 cm³/mol. The van der Waals surface area contributed by atoms with Crippen LogP contribution in [0.4, 0.5) is 16.2 Å². The van der Waals surface area contributed by atoms with E-state index >= 15 is 0 Å². The monoisotopic (exact) mass is 247 g/mol. The summed E-state index contributed by atoms with van der Waals surface area (Å²) < 4.78 is 0. The van der Waals surface area contributed by atoms with Gasteiger partial charge in [0, 0.05) is 30.9 Å². The van der Waals surface area contributed by atoms with Gasteiger partial charge in [0.1, 0.15) is 0 Å². The Balaban J connectivity index is 2.01. The van der Waals surface area contributed by atoms with Gasteiger partial charge < -0.3 is 15.5 Å². The van der Waals surface area contributed by atoms with Crippen molar-refractivity contribution in [1.82, 2.24) is 5.32 Å². The summed E-state index contributed by atoms with van der Waals surface area (Å²) in [4.78, 5) is 24.7. The average molecular weight is 247 g/mol. The van der Waals surface area contributed by atoms with E-state index in [-0.39, 0.29) is 11.9 Å². The largest absolute Gasteiger partial charge is 0.338 e. The zero-order chi connectivity index (χ0) is 13.0. The van der Waals surface area contributed by atoms with Crippen LogP contribution in [-0.4, -0.2) is 25.0 Å². The Bertz CT molecular complexity index is 442. The molecule has 1 fully saturated rings. The minimum absolute atomic E-state index is 0.166. The van der Waals surface area contributed by atoms with Crippen molar-refractivity contribution in [2.45, 2.75) is 19.8 Å². The van der Waals surface area contributed by atoms with Crippen LogP contribution in [0.2, 0.25) is 0 Å². The number of nitrogens with zero attached hydrogens (tertiary/aromatic N) is 1. The molecule has 5 heteroatoms. The van der Waals surface area contributed by atoms with Crippen molar-refractivity contribution in [3.63, 3.8) is 0 Å². The van der Waals surface area contributed by atoms with Crippen LogP contribution >= 0.6 is 0 Å². The lowest BCUT2D eigenvalue weighted by atomic mass is 10.2. The zero-order valence-electron chi connectivity index (χ0n) is 10.4. The lowest BCUT2D eigenvalue weighted by Crippen LogP contribution is -2.28. The topological polar surface area (TPSA) is 61.4 Å². The first-order chi connectivity index (χ1) is 8.70. The summed E-state index contributed by atoms with van der Waals surface area (Å²) >= 11 is 0. The van der Waals surface area contributed by atoms with E-state index in [0.29, 0.717) is 13.0 Å². The number of hydrogen-bond acceptors (Lipinski definition) is 2. The normalized spacial score (nSPS) is 14.7. The van der Waals surface area contributed by atoms with Gasteiger partial charge in [-0.1, -0.05) is 0 Å². The molecule has 2 rings (SSSR count). The van der Waals surface area contributed by atoms with Gasteiger partial charge in [0.15, 0.2) is 0 Å². The molecule has 0 unspecified atom stereocenters. The SMILES string of the molecule is CCNC(=O)Nc1ccc(N2CCCC2=O)cc1. The van der Waals surface area contributed by atoms with Crippen molar-refractivity contribution in [2.75, 3.05) is 23.3 Å². The number of benzene rings is 1. The first kappa shape index (κ1) is 12.4. The van der Waals surface area contributed by atoms with Gasteiger partial charge in [-0.3, -0.25) is 4.79 Å². The molecule has 1 aliphatic rings. The Hall–Kier alpha value is -2.04. The Kier molecular flexibility index (Phi) is 3.82. The number of amides is 3. The molecular weight excluding hydrogens is 230 g/mol. The Morgan fingerprint density at radius 3 is 2.61 bits per heavy atom. The molecule has 3 amide bonds. The van der Waals surface area contributed by atoms with E-state index in [2.05, 4.69) is 10.6 Å². The van der Waals surface area contributed by atoms with Gasteiger partial charge >= 0.3 is 6.03 Å². The van der Waals surface area contributed by atoms with Gasteiger partial charge in [0.25, 0.3) is 0 Å². The fourth-order valence-corrected chi connectivity index (χ4v) is 1.98. The van der Waals surface area contributed by atoms with Crippen LogP contribution in [0.1, 0.15) is 19.8 Å². The van der Waals surface area contributed by atoms with E-state index in [4.69, 9.17) is 0 Å². The van der Waals surface area contributed by atoms with Crippen molar-refractivity contribution in [2.24, 2.45) is 0 Å². The molecule has 1 saturated heterocycles. The van der Waals surface area contributed by atoms with E-state index in [1.807, 2.05) is 19.1 Å². The van der Waals surface area contributed by atoms with Crippen LogP contribution in [-0.2, 0) is 4.79 Å². The molecule has 1 aromatic rings. The quantitative estimate of drug-likeness (QED) is 0.857. The average Bonchev–Trinajstić information content (AvgIpc) is 2.77. The highest BCUT2D eigenvalue weighted by atomic mass is 16.2. The number of hydrogen-bond donors (Lipinski definition) is 2. The lowest BCUT2D eigenvalue weighted by molar-refractivity contribution is -0.117. The molecule has 0 atom stereocenters. The number of rotatable bonds is 3. The molecule has 0 saturated carbocycles. The minimum Gasteiger partial charge on any atom is -0.338 e.